The summed E-state index contributed by atoms with van der Waals surface area (Å²) in [5, 5.41) is 86.4. The number of hydrogen-bond acceptors (Lipinski definition) is 18. The van der Waals surface area contributed by atoms with Crippen LogP contribution < -0.4 is 10.9 Å². The van der Waals surface area contributed by atoms with Crippen molar-refractivity contribution in [2.45, 2.75) is 23.7 Å². The molecule has 0 fully saturated rings. The molecule has 0 heterocycles. The number of nitro groups is 8. The van der Waals surface area contributed by atoms with E-state index < -0.39 is 111 Å². The Hall–Kier alpha value is -6.54. The van der Waals surface area contributed by atoms with E-state index >= 15 is 0 Å². The van der Waals surface area contributed by atoms with Crippen LogP contribution in [0.2, 0.25) is 0 Å². The third-order valence-electron chi connectivity index (χ3n) is 4.66. The van der Waals surface area contributed by atoms with Crippen molar-refractivity contribution in [3.8, 4) is 0 Å². The molecule has 0 saturated heterocycles. The number of nitrogens with zero attached hydrogens (tertiary/aromatic N) is 10. The van der Waals surface area contributed by atoms with Gasteiger partial charge in [0.2, 0.25) is 26.2 Å². The van der Waals surface area contributed by atoms with Crippen LogP contribution in [0.25, 0.3) is 0 Å². The number of nitrogens with one attached hydrogen (secondary N) is 2. The highest BCUT2D eigenvalue weighted by Gasteiger charge is 2.67. The fraction of sp³-hybridized carbons (Fsp3) is 0.800. The van der Waals surface area contributed by atoms with Crippen LogP contribution in [-0.4, -0.2) is 111 Å². The van der Waals surface area contributed by atoms with Crippen molar-refractivity contribution in [1.82, 2.24) is 20.7 Å². The molecule has 0 aliphatic carbocycles. The van der Waals surface area contributed by atoms with Crippen molar-refractivity contribution >= 4 is 12.1 Å². The molecule has 0 rings (SSSR count). The molecular weight excluding hydrogens is 652 g/mol. The normalized spacial score (nSPS) is 11.8. The van der Waals surface area contributed by atoms with Gasteiger partial charge in [-0.3, -0.25) is 90.7 Å². The van der Waals surface area contributed by atoms with Crippen molar-refractivity contribution in [3.63, 3.8) is 0 Å². The van der Waals surface area contributed by atoms with Gasteiger partial charge in [0.25, 0.3) is 0 Å². The van der Waals surface area contributed by atoms with Crippen molar-refractivity contribution in [2.24, 2.45) is 0 Å². The Morgan fingerprint density at radius 3 is 0.682 bits per heavy atom. The molecule has 30 nitrogen and oxygen atoms in total. The molecule has 0 aliphatic heterocycles. The van der Waals surface area contributed by atoms with Crippen LogP contribution in [0.5, 0.6) is 0 Å². The number of hydrogen-bond donors (Lipinski definition) is 2. The van der Waals surface area contributed by atoms with Crippen LogP contribution in [0.4, 0.5) is 27.2 Å². The molecule has 2 N–H and O–H groups in total. The molecule has 0 radical (unpaired) electrons. The molecule has 246 valence electrons. The fourth-order valence-corrected chi connectivity index (χ4v) is 2.36. The number of hydrazine groups is 1. The number of halogens is 4. The Morgan fingerprint density at radius 2 is 0.568 bits per heavy atom. The SMILES string of the molecule is O=C(NNC(=O)N(CC(F)([N+](=O)[O-])[N+](=O)[O-])CC(F)([N+](=O)[O-])[N+](=O)[O-])N(CC(F)([N+](=O)[O-])[N+](=O)[O-])CC(F)([N+](=O)[O-])[N+](=O)[O-]. The van der Waals surface area contributed by atoms with E-state index in [1.54, 1.807) is 0 Å². The molecule has 34 heteroatoms. The fourth-order valence-electron chi connectivity index (χ4n) is 2.36. The summed E-state index contributed by atoms with van der Waals surface area (Å²) in [6.45, 7) is -11.1. The van der Waals surface area contributed by atoms with E-state index in [9.17, 15) is 108 Å². The van der Waals surface area contributed by atoms with E-state index in [-0.39, 0.29) is 0 Å². The largest absolute Gasteiger partial charge is 0.631 e. The molecule has 4 amide bonds. The lowest BCUT2D eigenvalue weighted by Gasteiger charge is -2.25. The van der Waals surface area contributed by atoms with Gasteiger partial charge in [-0.2, -0.15) is 0 Å². The van der Waals surface area contributed by atoms with E-state index in [4.69, 9.17) is 0 Å². The summed E-state index contributed by atoms with van der Waals surface area (Å²) >= 11 is 0. The predicted molar refractivity (Wildman–Crippen MR) is 112 cm³/mol. The summed E-state index contributed by atoms with van der Waals surface area (Å²) in [7, 11) is 0. The highest BCUT2D eigenvalue weighted by Crippen LogP contribution is 2.22. The minimum absolute atomic E-state index is 0.750. The van der Waals surface area contributed by atoms with Gasteiger partial charge in [0.15, 0.2) is 0 Å². The molecule has 0 aromatic heterocycles. The lowest BCUT2D eigenvalue weighted by molar-refractivity contribution is -0.837. The predicted octanol–water partition coefficient (Wildman–Crippen LogP) is -2.37. The van der Waals surface area contributed by atoms with E-state index in [1.165, 1.54) is 0 Å². The average Bonchev–Trinajstić information content (AvgIpc) is 2.89. The number of carbonyl (C=O) groups excluding carboxylic acids is 2. The summed E-state index contributed by atoms with van der Waals surface area (Å²) in [5.41, 5.74) is 1.50. The zero-order valence-corrected chi connectivity index (χ0v) is 20.2. The second-order valence-electron chi connectivity index (χ2n) is 7.50. The maximum absolute atomic E-state index is 14.3. The Balaban J connectivity index is 6.68. The molecule has 0 unspecified atom stereocenters. The topological polar surface area (TPSA) is 410 Å². The number of urea groups is 2. The number of amides is 4. The van der Waals surface area contributed by atoms with Gasteiger partial charge in [-0.25, -0.2) is 20.4 Å². The van der Waals surface area contributed by atoms with Crippen LogP contribution in [0.1, 0.15) is 0 Å². The molecule has 0 saturated carbocycles. The van der Waals surface area contributed by atoms with E-state index in [1.807, 2.05) is 0 Å². The summed E-state index contributed by atoms with van der Waals surface area (Å²) in [5.74, 6) is -20.6. The third kappa shape index (κ3) is 7.59. The van der Waals surface area contributed by atoms with Gasteiger partial charge in [0.1, 0.15) is 39.4 Å². The summed E-state index contributed by atoms with van der Waals surface area (Å²) < 4.78 is 57.2. The monoisotopic (exact) mass is 662 g/mol. The Kier molecular flexibility index (Phi) is 11.0. The molecule has 0 aromatic carbocycles. The average molecular weight is 662 g/mol. The first-order chi connectivity index (χ1) is 19.7. The molecule has 0 bridgehead atoms. The number of carbonyl (C=O) groups is 2. The molecule has 0 atom stereocenters. The molecule has 0 aromatic rings. The zero-order chi connectivity index (χ0) is 35.2. The van der Waals surface area contributed by atoms with Gasteiger partial charge >= 0.3 is 35.7 Å². The second-order valence-corrected chi connectivity index (χ2v) is 7.50. The van der Waals surface area contributed by atoms with Crippen LogP contribution in [0.3, 0.4) is 0 Å². The lowest BCUT2D eigenvalue weighted by Crippen LogP contribution is -2.64. The summed E-state index contributed by atoms with van der Waals surface area (Å²) in [6, 6.07) is -5.31. The zero-order valence-electron chi connectivity index (χ0n) is 20.2. The van der Waals surface area contributed by atoms with Gasteiger partial charge in [0, 0.05) is 0 Å². The van der Waals surface area contributed by atoms with Gasteiger partial charge in [-0.1, -0.05) is 17.6 Å². The minimum Gasteiger partial charge on any atom is -0.288 e. The van der Waals surface area contributed by atoms with Crippen molar-refractivity contribution in [1.29, 1.82) is 0 Å². The van der Waals surface area contributed by atoms with Crippen molar-refractivity contribution in [2.75, 3.05) is 26.2 Å². The molecule has 0 spiro atoms. The van der Waals surface area contributed by atoms with Crippen molar-refractivity contribution < 1.29 is 66.5 Å². The van der Waals surface area contributed by atoms with Gasteiger partial charge in [-0.05, 0) is 0 Å². The van der Waals surface area contributed by atoms with E-state index in [2.05, 4.69) is 0 Å². The smallest absolute Gasteiger partial charge is 0.288 e. The molecule has 0 aliphatic rings. The third-order valence-corrected chi connectivity index (χ3v) is 4.66. The molecule has 44 heavy (non-hydrogen) atoms. The van der Waals surface area contributed by atoms with Crippen LogP contribution >= 0.6 is 0 Å². The van der Waals surface area contributed by atoms with Gasteiger partial charge in [-0.15, -0.1) is 0 Å². The van der Waals surface area contributed by atoms with Gasteiger partial charge < -0.3 is 0 Å². The van der Waals surface area contributed by atoms with Crippen LogP contribution in [0, 0.1) is 80.9 Å². The highest BCUT2D eigenvalue weighted by molar-refractivity contribution is 5.80. The first-order valence-electron chi connectivity index (χ1n) is 9.75. The van der Waals surface area contributed by atoms with E-state index in [0.717, 1.165) is 10.9 Å². The Labute approximate surface area is 231 Å². The maximum atomic E-state index is 14.3. The molecular formula is C10H10F4N12O18. The summed E-state index contributed by atoms with van der Waals surface area (Å²) in [6.07, 6.45) is 0. The van der Waals surface area contributed by atoms with Gasteiger partial charge in [0.05, 0.1) is 0 Å². The maximum Gasteiger partial charge on any atom is 0.631 e. The Morgan fingerprint density at radius 1 is 0.432 bits per heavy atom. The Bertz CT molecular complexity index is 1070. The number of rotatable bonds is 16. The quantitative estimate of drug-likeness (QED) is 0.0573. The summed E-state index contributed by atoms with van der Waals surface area (Å²) in [4.78, 5) is 89.2. The number of alkyl halides is 4. The van der Waals surface area contributed by atoms with Crippen molar-refractivity contribution in [3.05, 3.63) is 80.9 Å². The van der Waals surface area contributed by atoms with Crippen LogP contribution in [0.15, 0.2) is 0 Å². The highest BCUT2D eigenvalue weighted by atomic mass is 19.2. The second kappa shape index (κ2) is 13.0. The first kappa shape index (κ1) is 37.5. The van der Waals surface area contributed by atoms with Crippen LogP contribution in [-0.2, 0) is 0 Å². The standard InChI is InChI=1S/C10H10F4N12O18/c11-7(19(29)30,20(31)32)1-17(2-8(12,21(33)34)22(35)36)5(27)15-16-6(28)18(3-9(13,23(37)38)24(39)40)4-10(14,25(41)42)26(43)44/h1-4H2,(H,15,27)(H,16,28). The lowest BCUT2D eigenvalue weighted by atomic mass is 10.3. The minimum atomic E-state index is -5.14. The van der Waals surface area contributed by atoms with E-state index in [0.29, 0.717) is 0 Å². The first-order valence-corrected chi connectivity index (χ1v) is 9.75.